The minimum Gasteiger partial charge on any atom is -0.355 e. The maximum absolute atomic E-state index is 11.7. The van der Waals surface area contributed by atoms with E-state index in [-0.39, 0.29) is 29.9 Å². The number of nitrogens with zero attached hydrogens (tertiary/aromatic N) is 1. The smallest absolute Gasteiger partial charge is 0.221 e. The molecule has 2 heterocycles. The van der Waals surface area contributed by atoms with Crippen LogP contribution in [0.1, 0.15) is 19.3 Å². The van der Waals surface area contributed by atoms with E-state index in [0.717, 1.165) is 19.6 Å². The van der Waals surface area contributed by atoms with Crippen molar-refractivity contribution in [2.75, 3.05) is 44.2 Å². The molecule has 6 nitrogen and oxygen atoms in total. The van der Waals surface area contributed by atoms with E-state index in [2.05, 4.69) is 15.5 Å². The normalized spacial score (nSPS) is 27.3. The second-order valence-electron chi connectivity index (χ2n) is 5.37. The van der Waals surface area contributed by atoms with E-state index in [1.54, 1.807) is 0 Å². The zero-order valence-corrected chi connectivity index (χ0v) is 12.0. The van der Waals surface area contributed by atoms with Gasteiger partial charge in [-0.15, -0.1) is 0 Å². The molecule has 0 spiro atoms. The standard InChI is InChI=1S/C12H23N3O3S/c16-12(14-3-7-15-5-1-2-6-15)9-11-10-19(17,18)8-4-13-11/h11,13H,1-10H2,(H,14,16). The molecule has 2 aliphatic heterocycles. The number of hydrogen-bond acceptors (Lipinski definition) is 5. The SMILES string of the molecule is O=C(CC1CS(=O)(=O)CCN1)NCCN1CCCC1. The number of hydrogen-bond donors (Lipinski definition) is 2. The zero-order chi connectivity index (χ0) is 13.7. The predicted molar refractivity (Wildman–Crippen MR) is 73.7 cm³/mol. The van der Waals surface area contributed by atoms with E-state index in [1.807, 2.05) is 0 Å². The van der Waals surface area contributed by atoms with Crippen molar-refractivity contribution < 1.29 is 13.2 Å². The fourth-order valence-corrected chi connectivity index (χ4v) is 4.10. The highest BCUT2D eigenvalue weighted by atomic mass is 32.2. The Morgan fingerprint density at radius 3 is 2.74 bits per heavy atom. The van der Waals surface area contributed by atoms with E-state index >= 15 is 0 Å². The minimum absolute atomic E-state index is 0.0613. The molecule has 7 heteroatoms. The van der Waals surface area contributed by atoms with Crippen LogP contribution in [0.4, 0.5) is 0 Å². The number of amides is 1. The van der Waals surface area contributed by atoms with Crippen LogP contribution in [0.15, 0.2) is 0 Å². The van der Waals surface area contributed by atoms with Crippen LogP contribution in [0.2, 0.25) is 0 Å². The molecule has 0 aromatic carbocycles. The monoisotopic (exact) mass is 289 g/mol. The quantitative estimate of drug-likeness (QED) is 0.677. The highest BCUT2D eigenvalue weighted by molar-refractivity contribution is 7.91. The van der Waals surface area contributed by atoms with Crippen molar-refractivity contribution in [1.29, 1.82) is 0 Å². The lowest BCUT2D eigenvalue weighted by molar-refractivity contribution is -0.121. The lowest BCUT2D eigenvalue weighted by atomic mass is 10.2. The highest BCUT2D eigenvalue weighted by Gasteiger charge is 2.25. The Hall–Kier alpha value is -0.660. The van der Waals surface area contributed by atoms with Gasteiger partial charge < -0.3 is 15.5 Å². The van der Waals surface area contributed by atoms with Crippen LogP contribution in [0.5, 0.6) is 0 Å². The molecule has 0 aromatic rings. The number of carbonyl (C=O) groups is 1. The van der Waals surface area contributed by atoms with Crippen LogP contribution < -0.4 is 10.6 Å². The van der Waals surface area contributed by atoms with Crippen molar-refractivity contribution in [3.05, 3.63) is 0 Å². The second kappa shape index (κ2) is 6.67. The van der Waals surface area contributed by atoms with Crippen molar-refractivity contribution in [2.45, 2.75) is 25.3 Å². The molecule has 2 saturated heterocycles. The molecule has 1 unspecified atom stereocenters. The molecule has 0 saturated carbocycles. The van der Waals surface area contributed by atoms with Gasteiger partial charge in [-0.2, -0.15) is 0 Å². The van der Waals surface area contributed by atoms with E-state index in [0.29, 0.717) is 13.1 Å². The van der Waals surface area contributed by atoms with Crippen molar-refractivity contribution in [3.63, 3.8) is 0 Å². The molecular weight excluding hydrogens is 266 g/mol. The van der Waals surface area contributed by atoms with Gasteiger partial charge in [-0.25, -0.2) is 8.42 Å². The van der Waals surface area contributed by atoms with Crippen LogP contribution in [-0.4, -0.2) is 69.5 Å². The van der Waals surface area contributed by atoms with Crippen molar-refractivity contribution >= 4 is 15.7 Å². The van der Waals surface area contributed by atoms with Gasteiger partial charge in [0.15, 0.2) is 9.84 Å². The van der Waals surface area contributed by atoms with Crippen molar-refractivity contribution in [3.8, 4) is 0 Å². The molecule has 19 heavy (non-hydrogen) atoms. The number of nitrogens with one attached hydrogen (secondary N) is 2. The first-order chi connectivity index (χ1) is 9.05. The number of sulfone groups is 1. The van der Waals surface area contributed by atoms with E-state index < -0.39 is 9.84 Å². The molecule has 110 valence electrons. The highest BCUT2D eigenvalue weighted by Crippen LogP contribution is 2.06. The summed E-state index contributed by atoms with van der Waals surface area (Å²) in [5.74, 6) is 0.195. The number of likely N-dealkylation sites (tertiary alicyclic amines) is 1. The van der Waals surface area contributed by atoms with Crippen molar-refractivity contribution in [2.24, 2.45) is 0 Å². The van der Waals surface area contributed by atoms with Gasteiger partial charge in [0.05, 0.1) is 11.5 Å². The molecule has 2 rings (SSSR count). The Morgan fingerprint density at radius 2 is 2.05 bits per heavy atom. The molecule has 2 N–H and O–H groups in total. The summed E-state index contributed by atoms with van der Waals surface area (Å²) in [7, 11) is -2.96. The van der Waals surface area contributed by atoms with Gasteiger partial charge in [-0.1, -0.05) is 0 Å². The van der Waals surface area contributed by atoms with Gasteiger partial charge in [0.25, 0.3) is 0 Å². The molecule has 0 bridgehead atoms. The Bertz CT molecular complexity index is 404. The zero-order valence-electron chi connectivity index (χ0n) is 11.2. The third-order valence-corrected chi connectivity index (χ3v) is 5.42. The van der Waals surface area contributed by atoms with E-state index in [4.69, 9.17) is 0 Å². The molecule has 0 aromatic heterocycles. The van der Waals surface area contributed by atoms with Crippen LogP contribution in [-0.2, 0) is 14.6 Å². The topological polar surface area (TPSA) is 78.5 Å². The molecule has 2 fully saturated rings. The first kappa shape index (κ1) is 14.7. The summed E-state index contributed by atoms with van der Waals surface area (Å²) in [5.41, 5.74) is 0. The number of carbonyl (C=O) groups excluding carboxylic acids is 1. The first-order valence-corrected chi connectivity index (χ1v) is 8.80. The lowest BCUT2D eigenvalue weighted by Crippen LogP contribution is -2.47. The minimum atomic E-state index is -2.96. The second-order valence-corrected chi connectivity index (χ2v) is 7.60. The summed E-state index contributed by atoms with van der Waals surface area (Å²) in [5, 5.41) is 5.96. The summed E-state index contributed by atoms with van der Waals surface area (Å²) in [4.78, 5) is 14.1. The van der Waals surface area contributed by atoms with Gasteiger partial charge in [0, 0.05) is 32.1 Å². The van der Waals surface area contributed by atoms with Gasteiger partial charge in [0.1, 0.15) is 0 Å². The van der Waals surface area contributed by atoms with Gasteiger partial charge in [-0.05, 0) is 25.9 Å². The van der Waals surface area contributed by atoms with Crippen LogP contribution in [0, 0.1) is 0 Å². The fraction of sp³-hybridized carbons (Fsp3) is 0.917. The maximum atomic E-state index is 11.7. The Balaban J connectivity index is 1.63. The Labute approximate surface area is 114 Å². The third kappa shape index (κ3) is 5.08. The largest absolute Gasteiger partial charge is 0.355 e. The van der Waals surface area contributed by atoms with Gasteiger partial charge in [0.2, 0.25) is 5.91 Å². The van der Waals surface area contributed by atoms with E-state index in [9.17, 15) is 13.2 Å². The third-order valence-electron chi connectivity index (χ3n) is 3.68. The molecule has 0 aliphatic carbocycles. The Morgan fingerprint density at radius 1 is 1.32 bits per heavy atom. The average molecular weight is 289 g/mol. The molecule has 2 aliphatic rings. The van der Waals surface area contributed by atoms with Gasteiger partial charge >= 0.3 is 0 Å². The summed E-state index contributed by atoms with van der Waals surface area (Å²) in [6.07, 6.45) is 2.74. The predicted octanol–water partition coefficient (Wildman–Crippen LogP) is -1.02. The maximum Gasteiger partial charge on any atom is 0.221 e. The van der Waals surface area contributed by atoms with Crippen molar-refractivity contribution in [1.82, 2.24) is 15.5 Å². The number of rotatable bonds is 5. The fourth-order valence-electron chi connectivity index (χ4n) is 2.65. The van der Waals surface area contributed by atoms with Crippen LogP contribution in [0.25, 0.3) is 0 Å². The average Bonchev–Trinajstić information content (AvgIpc) is 2.80. The summed E-state index contributed by atoms with van der Waals surface area (Å²) in [6.45, 7) is 4.24. The Kier molecular flexibility index (Phi) is 5.18. The summed E-state index contributed by atoms with van der Waals surface area (Å²) >= 11 is 0. The summed E-state index contributed by atoms with van der Waals surface area (Å²) < 4.78 is 22.9. The van der Waals surface area contributed by atoms with E-state index in [1.165, 1.54) is 12.8 Å². The molecular formula is C12H23N3O3S. The van der Waals surface area contributed by atoms with Crippen LogP contribution >= 0.6 is 0 Å². The van der Waals surface area contributed by atoms with Crippen LogP contribution in [0.3, 0.4) is 0 Å². The van der Waals surface area contributed by atoms with Gasteiger partial charge in [-0.3, -0.25) is 4.79 Å². The molecule has 1 atom stereocenters. The first-order valence-electron chi connectivity index (χ1n) is 6.98. The molecule has 1 amide bonds. The lowest BCUT2D eigenvalue weighted by Gasteiger charge is -2.23. The molecule has 0 radical (unpaired) electrons. The summed E-state index contributed by atoms with van der Waals surface area (Å²) in [6, 6.07) is -0.231.